The van der Waals surface area contributed by atoms with Gasteiger partial charge < -0.3 is 4.57 Å². The molecule has 0 unspecified atom stereocenters. The van der Waals surface area contributed by atoms with Crippen molar-refractivity contribution in [3.63, 3.8) is 0 Å². The Morgan fingerprint density at radius 3 is 1.36 bits per heavy atom. The molecule has 0 N–H and O–H groups in total. The van der Waals surface area contributed by atoms with Gasteiger partial charge in [0, 0.05) is 22.0 Å². The van der Waals surface area contributed by atoms with Gasteiger partial charge in [-0.05, 0) is 103 Å². The van der Waals surface area contributed by atoms with Crippen LogP contribution >= 0.6 is 0 Å². The molecule has 260 valence electrons. The van der Waals surface area contributed by atoms with Crippen LogP contribution in [0.15, 0.2) is 212 Å². The number of rotatable bonds is 4. The molecule has 0 saturated carbocycles. The van der Waals surface area contributed by atoms with E-state index in [9.17, 15) is 0 Å². The average Bonchev–Trinajstić information content (AvgIpc) is 3.89. The number of fused-ring (bicyclic) bond motifs is 14. The zero-order valence-corrected chi connectivity index (χ0v) is 30.7. The highest BCUT2D eigenvalue weighted by Crippen LogP contribution is 2.64. The molecule has 1 nitrogen and oxygen atoms in total. The van der Waals surface area contributed by atoms with E-state index in [1.807, 2.05) is 0 Å². The van der Waals surface area contributed by atoms with Crippen molar-refractivity contribution in [1.82, 2.24) is 4.57 Å². The maximum Gasteiger partial charge on any atom is 0.0726 e. The van der Waals surface area contributed by atoms with Gasteiger partial charge >= 0.3 is 0 Å². The minimum Gasteiger partial charge on any atom is -0.309 e. The minimum absolute atomic E-state index is 0.426. The van der Waals surface area contributed by atoms with E-state index in [-0.39, 0.29) is 0 Å². The Kier molecular flexibility index (Phi) is 6.62. The molecule has 1 heterocycles. The summed E-state index contributed by atoms with van der Waals surface area (Å²) in [6.07, 6.45) is 0. The fourth-order valence-electron chi connectivity index (χ4n) is 10.1. The first-order valence-electron chi connectivity index (χ1n) is 19.5. The SMILES string of the molecule is c1ccc(-c2cc(-c3ccccc3)cc(-n3c4ccc(-c5ccccc5)cc4c4ccc5c(c43)-c3ccccc3C53c4ccccc4-c4ccccc43)c2)cc1. The smallest absolute Gasteiger partial charge is 0.0726 e. The van der Waals surface area contributed by atoms with Crippen LogP contribution in [0.1, 0.15) is 22.3 Å². The second kappa shape index (κ2) is 11.9. The lowest BCUT2D eigenvalue weighted by molar-refractivity contribution is 0.794. The lowest BCUT2D eigenvalue weighted by Gasteiger charge is -2.30. The van der Waals surface area contributed by atoms with Crippen molar-refractivity contribution in [2.75, 3.05) is 0 Å². The van der Waals surface area contributed by atoms with Gasteiger partial charge in [-0.3, -0.25) is 0 Å². The third-order valence-electron chi connectivity index (χ3n) is 12.4. The quantitative estimate of drug-likeness (QED) is 0.171. The predicted octanol–water partition coefficient (Wildman–Crippen LogP) is 14.1. The van der Waals surface area contributed by atoms with Crippen LogP contribution in [0.2, 0.25) is 0 Å². The molecule has 0 atom stereocenters. The van der Waals surface area contributed by atoms with Gasteiger partial charge in [-0.2, -0.15) is 0 Å². The fraction of sp³-hybridized carbons (Fsp3) is 0.0182. The molecule has 0 radical (unpaired) electrons. The molecule has 0 fully saturated rings. The molecule has 0 bridgehead atoms. The van der Waals surface area contributed by atoms with E-state index in [0.717, 1.165) is 5.69 Å². The summed E-state index contributed by atoms with van der Waals surface area (Å²) < 4.78 is 2.57. The summed E-state index contributed by atoms with van der Waals surface area (Å²) in [7, 11) is 0. The Morgan fingerprint density at radius 1 is 0.304 bits per heavy atom. The van der Waals surface area contributed by atoms with Crippen LogP contribution in [0.5, 0.6) is 0 Å². The van der Waals surface area contributed by atoms with Gasteiger partial charge in [0.05, 0.1) is 16.4 Å². The maximum absolute atomic E-state index is 2.57. The van der Waals surface area contributed by atoms with E-state index in [1.165, 1.54) is 99.7 Å². The molecule has 2 aliphatic carbocycles. The highest BCUT2D eigenvalue weighted by atomic mass is 15.0. The third kappa shape index (κ3) is 4.26. The summed E-state index contributed by atoms with van der Waals surface area (Å²) in [4.78, 5) is 0. The van der Waals surface area contributed by atoms with Crippen LogP contribution in [0.3, 0.4) is 0 Å². The summed E-state index contributed by atoms with van der Waals surface area (Å²) >= 11 is 0. The zero-order chi connectivity index (χ0) is 36.8. The molecule has 1 aromatic heterocycles. The molecule has 9 aromatic carbocycles. The van der Waals surface area contributed by atoms with E-state index >= 15 is 0 Å². The van der Waals surface area contributed by atoms with Crippen molar-refractivity contribution in [3.05, 3.63) is 235 Å². The Hall–Kier alpha value is -7.22. The summed E-state index contributed by atoms with van der Waals surface area (Å²) in [5, 5.41) is 2.51. The zero-order valence-electron chi connectivity index (χ0n) is 30.7. The van der Waals surface area contributed by atoms with Gasteiger partial charge in [-0.1, -0.05) is 182 Å². The molecule has 10 aromatic rings. The van der Waals surface area contributed by atoms with Gasteiger partial charge in [-0.25, -0.2) is 0 Å². The molecule has 56 heavy (non-hydrogen) atoms. The Bertz CT molecular complexity index is 3070. The van der Waals surface area contributed by atoms with Gasteiger partial charge in [0.1, 0.15) is 0 Å². The Morgan fingerprint density at radius 2 is 0.786 bits per heavy atom. The molecular formula is C55H35N. The normalized spacial score (nSPS) is 13.1. The van der Waals surface area contributed by atoms with Crippen molar-refractivity contribution in [2.45, 2.75) is 5.41 Å². The summed E-state index contributed by atoms with van der Waals surface area (Å²) in [6, 6.07) is 78.8. The van der Waals surface area contributed by atoms with Crippen LogP contribution in [0, 0.1) is 0 Å². The van der Waals surface area contributed by atoms with E-state index < -0.39 is 5.41 Å². The van der Waals surface area contributed by atoms with Gasteiger partial charge in [0.15, 0.2) is 0 Å². The molecule has 1 spiro atoms. The fourth-order valence-corrected chi connectivity index (χ4v) is 10.1. The van der Waals surface area contributed by atoms with Crippen molar-refractivity contribution >= 4 is 21.8 Å². The van der Waals surface area contributed by atoms with E-state index in [1.54, 1.807) is 0 Å². The average molecular weight is 710 g/mol. The number of benzene rings is 9. The molecule has 0 amide bonds. The van der Waals surface area contributed by atoms with E-state index in [0.29, 0.717) is 0 Å². The second-order valence-corrected chi connectivity index (χ2v) is 15.2. The summed E-state index contributed by atoms with van der Waals surface area (Å²) in [5.41, 5.74) is 21.1. The number of hydrogen-bond acceptors (Lipinski definition) is 0. The molecule has 1 heteroatoms. The highest BCUT2D eigenvalue weighted by molar-refractivity contribution is 6.17. The van der Waals surface area contributed by atoms with Crippen molar-refractivity contribution in [3.8, 4) is 61.3 Å². The van der Waals surface area contributed by atoms with Crippen LogP contribution in [-0.2, 0) is 5.41 Å². The first-order valence-corrected chi connectivity index (χ1v) is 19.5. The van der Waals surface area contributed by atoms with Crippen LogP contribution in [0.25, 0.3) is 83.1 Å². The minimum atomic E-state index is -0.426. The largest absolute Gasteiger partial charge is 0.309 e. The van der Waals surface area contributed by atoms with E-state index in [4.69, 9.17) is 0 Å². The topological polar surface area (TPSA) is 4.93 Å². The monoisotopic (exact) mass is 709 g/mol. The predicted molar refractivity (Wildman–Crippen MR) is 233 cm³/mol. The lowest BCUT2D eigenvalue weighted by Crippen LogP contribution is -2.25. The molecule has 0 saturated heterocycles. The molecular weight excluding hydrogens is 675 g/mol. The van der Waals surface area contributed by atoms with Crippen molar-refractivity contribution in [2.24, 2.45) is 0 Å². The molecule has 12 rings (SSSR count). The molecule has 2 aliphatic rings. The first kappa shape index (κ1) is 31.2. The second-order valence-electron chi connectivity index (χ2n) is 15.2. The third-order valence-corrected chi connectivity index (χ3v) is 12.4. The van der Waals surface area contributed by atoms with Crippen LogP contribution < -0.4 is 0 Å². The van der Waals surface area contributed by atoms with Gasteiger partial charge in [0.25, 0.3) is 0 Å². The van der Waals surface area contributed by atoms with Crippen LogP contribution in [-0.4, -0.2) is 4.57 Å². The highest BCUT2D eigenvalue weighted by Gasteiger charge is 2.52. The maximum atomic E-state index is 2.57. The Balaban J connectivity index is 1.25. The van der Waals surface area contributed by atoms with E-state index in [2.05, 4.69) is 217 Å². The number of nitrogens with zero attached hydrogens (tertiary/aromatic N) is 1. The summed E-state index contributed by atoms with van der Waals surface area (Å²) in [5.74, 6) is 0. The Labute approximate surface area is 326 Å². The van der Waals surface area contributed by atoms with Gasteiger partial charge in [-0.15, -0.1) is 0 Å². The van der Waals surface area contributed by atoms with Gasteiger partial charge in [0.2, 0.25) is 0 Å². The molecule has 0 aliphatic heterocycles. The number of hydrogen-bond donors (Lipinski definition) is 0. The standard InChI is InChI=1S/C55H35N/c1-4-16-36(17-5-1)39-28-31-52-47(35-39)45-29-30-51-53(46-24-12-15-27-50(46)55(51)48-25-13-10-22-43(48)44-23-11-14-26-49(44)55)54(45)56(52)42-33-40(37-18-6-2-7-19-37)32-41(34-42)38-20-8-3-9-21-38/h1-35H. The number of aromatic nitrogens is 1. The van der Waals surface area contributed by atoms with Crippen LogP contribution in [0.4, 0.5) is 0 Å². The summed E-state index contributed by atoms with van der Waals surface area (Å²) in [6.45, 7) is 0. The lowest BCUT2D eigenvalue weighted by atomic mass is 9.70. The van der Waals surface area contributed by atoms with Crippen molar-refractivity contribution in [1.29, 1.82) is 0 Å². The first-order chi connectivity index (χ1) is 27.8. The van der Waals surface area contributed by atoms with Crippen molar-refractivity contribution < 1.29 is 0 Å².